The summed E-state index contributed by atoms with van der Waals surface area (Å²) in [5.41, 5.74) is -3.80. The number of aliphatic carboxylic acids is 1. The molecule has 7 heteroatoms. The van der Waals surface area contributed by atoms with Crippen molar-refractivity contribution in [2.24, 2.45) is 0 Å². The minimum Gasteiger partial charge on any atom is -0.497 e. The van der Waals surface area contributed by atoms with Crippen molar-refractivity contribution < 1.29 is 32.9 Å². The summed E-state index contributed by atoms with van der Waals surface area (Å²) < 4.78 is 42.5. The number of rotatable bonds is 4. The van der Waals surface area contributed by atoms with Gasteiger partial charge in [0.05, 0.1) is 7.11 Å². The zero-order valence-electron chi connectivity index (χ0n) is 9.36. The van der Waals surface area contributed by atoms with Crippen molar-refractivity contribution >= 4 is 5.97 Å². The number of carbonyl (C=O) groups is 1. The number of alkyl halides is 3. The third kappa shape index (κ3) is 2.73. The highest BCUT2D eigenvalue weighted by atomic mass is 19.4. The van der Waals surface area contributed by atoms with E-state index < -0.39 is 24.2 Å². The van der Waals surface area contributed by atoms with Gasteiger partial charge in [-0.05, 0) is 17.7 Å². The molecule has 0 radical (unpaired) electrons. The van der Waals surface area contributed by atoms with E-state index in [4.69, 9.17) is 9.84 Å². The molecule has 4 nitrogen and oxygen atoms in total. The summed E-state index contributed by atoms with van der Waals surface area (Å²) >= 11 is 0. The van der Waals surface area contributed by atoms with Crippen molar-refractivity contribution in [1.29, 1.82) is 0 Å². The Balaban J connectivity index is 3.08. The number of methoxy groups -OCH3 is 1. The zero-order chi connectivity index (χ0) is 14.0. The summed E-state index contributed by atoms with van der Waals surface area (Å²) in [7, 11) is 1.33. The number of hydrogen-bond donors (Lipinski definition) is 2. The average Bonchev–Trinajstić information content (AvgIpc) is 2.27. The van der Waals surface area contributed by atoms with Crippen LogP contribution in [0, 0.1) is 0 Å². The first-order chi connectivity index (χ1) is 8.20. The fourth-order valence-electron chi connectivity index (χ4n) is 1.37. The molecular weight excluding hydrogens is 253 g/mol. The highest BCUT2D eigenvalue weighted by Crippen LogP contribution is 2.34. The Bertz CT molecular complexity index is 444. The first-order valence-electron chi connectivity index (χ1n) is 4.86. The minimum atomic E-state index is -5.26. The van der Waals surface area contributed by atoms with Crippen LogP contribution in [-0.4, -0.2) is 35.1 Å². The predicted molar refractivity (Wildman–Crippen MR) is 55.3 cm³/mol. The van der Waals surface area contributed by atoms with Crippen LogP contribution in [0.25, 0.3) is 0 Å². The molecule has 100 valence electrons. The van der Waals surface area contributed by atoms with Crippen molar-refractivity contribution in [3.63, 3.8) is 0 Å². The van der Waals surface area contributed by atoms with Crippen molar-refractivity contribution in [3.8, 4) is 5.75 Å². The van der Waals surface area contributed by atoms with E-state index in [0.29, 0.717) is 0 Å². The second kappa shape index (κ2) is 4.85. The van der Waals surface area contributed by atoms with Gasteiger partial charge in [0.15, 0.2) is 0 Å². The number of carboxylic acid groups (broad SMARTS) is 1. The van der Waals surface area contributed by atoms with Gasteiger partial charge in [0.2, 0.25) is 0 Å². The van der Waals surface area contributed by atoms with Crippen molar-refractivity contribution in [1.82, 2.24) is 0 Å². The van der Waals surface area contributed by atoms with Gasteiger partial charge in [-0.25, -0.2) is 4.79 Å². The molecule has 0 bridgehead atoms. The van der Waals surface area contributed by atoms with E-state index in [-0.39, 0.29) is 11.3 Å². The summed E-state index contributed by atoms with van der Waals surface area (Å²) in [5.74, 6) is -2.06. The van der Waals surface area contributed by atoms with Crippen LogP contribution in [0.4, 0.5) is 13.2 Å². The van der Waals surface area contributed by atoms with Gasteiger partial charge in [0, 0.05) is 6.42 Å². The van der Waals surface area contributed by atoms with Crippen molar-refractivity contribution in [2.75, 3.05) is 7.11 Å². The van der Waals surface area contributed by atoms with Gasteiger partial charge >= 0.3 is 12.1 Å². The minimum absolute atomic E-state index is 0.0107. The van der Waals surface area contributed by atoms with Gasteiger partial charge in [-0.2, -0.15) is 13.2 Å². The number of benzene rings is 1. The number of halogens is 3. The molecule has 0 aliphatic rings. The first-order valence-corrected chi connectivity index (χ1v) is 4.86. The molecule has 0 aliphatic carbocycles. The Kier molecular flexibility index (Phi) is 3.85. The summed E-state index contributed by atoms with van der Waals surface area (Å²) in [5, 5.41) is 17.8. The van der Waals surface area contributed by atoms with Crippen LogP contribution in [0.5, 0.6) is 5.75 Å². The molecular formula is C11H11F3O4. The molecule has 1 rings (SSSR count). The maximum atomic E-state index is 12.6. The lowest BCUT2D eigenvalue weighted by Gasteiger charge is -2.26. The second-order valence-electron chi connectivity index (χ2n) is 3.69. The monoisotopic (exact) mass is 264 g/mol. The van der Waals surface area contributed by atoms with Gasteiger partial charge in [-0.1, -0.05) is 12.1 Å². The molecule has 0 saturated carbocycles. The van der Waals surface area contributed by atoms with Crippen molar-refractivity contribution in [2.45, 2.75) is 18.2 Å². The maximum absolute atomic E-state index is 12.6. The summed E-state index contributed by atoms with van der Waals surface area (Å²) in [6.07, 6.45) is -6.34. The third-order valence-electron chi connectivity index (χ3n) is 2.42. The van der Waals surface area contributed by atoms with Crippen LogP contribution >= 0.6 is 0 Å². The van der Waals surface area contributed by atoms with E-state index in [1.165, 1.54) is 31.4 Å². The Morgan fingerprint density at radius 3 is 2.44 bits per heavy atom. The first kappa shape index (κ1) is 14.3. The number of carboxylic acids is 1. The van der Waals surface area contributed by atoms with E-state index in [0.717, 1.165) is 0 Å². The van der Waals surface area contributed by atoms with Gasteiger partial charge in [0.25, 0.3) is 5.60 Å². The Morgan fingerprint density at radius 2 is 2.00 bits per heavy atom. The summed E-state index contributed by atoms with van der Waals surface area (Å²) in [6.45, 7) is 0. The van der Waals surface area contributed by atoms with Crippen LogP contribution in [0.2, 0.25) is 0 Å². The predicted octanol–water partition coefficient (Wildman–Crippen LogP) is 1.62. The second-order valence-corrected chi connectivity index (χ2v) is 3.69. The van der Waals surface area contributed by atoms with Crippen LogP contribution < -0.4 is 4.74 Å². The van der Waals surface area contributed by atoms with Gasteiger partial charge < -0.3 is 14.9 Å². The van der Waals surface area contributed by atoms with Gasteiger partial charge in [-0.15, -0.1) is 0 Å². The molecule has 0 fully saturated rings. The Hall–Kier alpha value is -1.76. The molecule has 1 unspecified atom stereocenters. The van der Waals surface area contributed by atoms with Gasteiger partial charge in [0.1, 0.15) is 5.75 Å². The lowest BCUT2D eigenvalue weighted by Crippen LogP contribution is -2.53. The number of hydrogen-bond acceptors (Lipinski definition) is 3. The largest absolute Gasteiger partial charge is 0.497 e. The smallest absolute Gasteiger partial charge is 0.428 e. The third-order valence-corrected chi connectivity index (χ3v) is 2.42. The standard InChI is InChI=1S/C11H11F3O4/c1-18-8-4-2-3-7(5-8)6-10(17,9(15)16)11(12,13)14/h2-5,17H,6H2,1H3,(H,15,16). The highest BCUT2D eigenvalue weighted by molar-refractivity contribution is 5.78. The van der Waals surface area contributed by atoms with Crippen LogP contribution in [0.15, 0.2) is 24.3 Å². The SMILES string of the molecule is COc1cccc(CC(O)(C(=O)O)C(F)(F)F)c1. The molecule has 0 amide bonds. The molecule has 1 aromatic carbocycles. The van der Waals surface area contributed by atoms with E-state index in [9.17, 15) is 23.1 Å². The number of aliphatic hydroxyl groups is 1. The normalized spacial score (nSPS) is 14.9. The quantitative estimate of drug-likeness (QED) is 0.867. The summed E-state index contributed by atoms with van der Waals surface area (Å²) in [6, 6.07) is 5.42. The van der Waals surface area contributed by atoms with Crippen LogP contribution in [0.3, 0.4) is 0 Å². The zero-order valence-corrected chi connectivity index (χ0v) is 9.36. The van der Waals surface area contributed by atoms with Crippen molar-refractivity contribution in [3.05, 3.63) is 29.8 Å². The Morgan fingerprint density at radius 1 is 1.39 bits per heavy atom. The van der Waals surface area contributed by atoms with E-state index in [1.54, 1.807) is 0 Å². The van der Waals surface area contributed by atoms with E-state index in [2.05, 4.69) is 0 Å². The molecule has 18 heavy (non-hydrogen) atoms. The molecule has 0 saturated heterocycles. The molecule has 1 atom stereocenters. The molecule has 1 aromatic rings. The highest BCUT2D eigenvalue weighted by Gasteiger charge is 2.59. The van der Waals surface area contributed by atoms with Crippen LogP contribution in [0.1, 0.15) is 5.56 Å². The average molecular weight is 264 g/mol. The molecule has 2 N–H and O–H groups in total. The Labute approximate surface area is 101 Å². The fourth-order valence-corrected chi connectivity index (χ4v) is 1.37. The molecule has 0 aromatic heterocycles. The topological polar surface area (TPSA) is 66.8 Å². The van der Waals surface area contributed by atoms with Gasteiger partial charge in [-0.3, -0.25) is 0 Å². The maximum Gasteiger partial charge on any atom is 0.428 e. The fraction of sp³-hybridized carbons (Fsp3) is 0.364. The lowest BCUT2D eigenvalue weighted by atomic mass is 9.94. The molecule has 0 aliphatic heterocycles. The molecule has 0 spiro atoms. The van der Waals surface area contributed by atoms with E-state index in [1.807, 2.05) is 0 Å². The van der Waals surface area contributed by atoms with Crippen LogP contribution in [-0.2, 0) is 11.2 Å². The molecule has 0 heterocycles. The summed E-state index contributed by atoms with van der Waals surface area (Å²) in [4.78, 5) is 10.6. The van der Waals surface area contributed by atoms with E-state index >= 15 is 0 Å². The lowest BCUT2D eigenvalue weighted by molar-refractivity contribution is -0.259. The number of ether oxygens (including phenoxy) is 1.